The van der Waals surface area contributed by atoms with Crippen molar-refractivity contribution in [2.75, 3.05) is 22.1 Å². The van der Waals surface area contributed by atoms with Gasteiger partial charge in [-0.05, 0) is 42.5 Å². The van der Waals surface area contributed by atoms with Crippen molar-refractivity contribution in [2.45, 2.75) is 0 Å². The largest absolute Gasteiger partial charge is 0.399 e. The van der Waals surface area contributed by atoms with Crippen molar-refractivity contribution < 1.29 is 0 Å². The number of nitrogens with two attached hydrogens (primary N) is 3. The smallest absolute Gasteiger partial charge is 0.0692 e. The predicted octanol–water partition coefficient (Wildman–Crippen LogP) is 3.90. The molecule has 0 aromatic heterocycles. The van der Waals surface area contributed by atoms with Gasteiger partial charge in [-0.3, -0.25) is 0 Å². The van der Waals surface area contributed by atoms with Crippen molar-refractivity contribution in [3.05, 3.63) is 72.8 Å². The van der Waals surface area contributed by atoms with Crippen molar-refractivity contribution in [1.29, 1.82) is 0 Å². The molecule has 0 aliphatic carbocycles. The molecule has 0 aliphatic heterocycles. The van der Waals surface area contributed by atoms with E-state index in [1.54, 1.807) is 0 Å². The van der Waals surface area contributed by atoms with E-state index in [0.29, 0.717) is 17.1 Å². The van der Waals surface area contributed by atoms with E-state index in [0.717, 1.165) is 17.1 Å². The molecular formula is C18H18N4. The summed E-state index contributed by atoms with van der Waals surface area (Å²) in [5, 5.41) is 0. The average Bonchev–Trinajstić information content (AvgIpc) is 2.51. The lowest BCUT2D eigenvalue weighted by Crippen LogP contribution is -2.13. The maximum Gasteiger partial charge on any atom is 0.0692 e. The standard InChI is InChI=1S/C18H18N4/c19-13-6-5-7-14(12-13)22(17-10-3-1-8-15(17)20)18-11-4-2-9-16(18)21/h1-12H,19-21H2. The number of nitrogen functional groups attached to an aromatic ring is 3. The van der Waals surface area contributed by atoms with E-state index in [2.05, 4.69) is 0 Å². The molecule has 0 saturated heterocycles. The maximum absolute atomic E-state index is 6.17. The van der Waals surface area contributed by atoms with Crippen molar-refractivity contribution in [1.82, 2.24) is 0 Å². The third kappa shape index (κ3) is 2.54. The van der Waals surface area contributed by atoms with E-state index in [1.807, 2.05) is 77.7 Å². The molecule has 4 heteroatoms. The lowest BCUT2D eigenvalue weighted by molar-refractivity contribution is 1.29. The van der Waals surface area contributed by atoms with Crippen molar-refractivity contribution in [3.63, 3.8) is 0 Å². The monoisotopic (exact) mass is 290 g/mol. The highest BCUT2D eigenvalue weighted by Crippen LogP contribution is 2.40. The molecule has 0 unspecified atom stereocenters. The number of anilines is 6. The Labute approximate surface area is 129 Å². The zero-order valence-electron chi connectivity index (χ0n) is 12.1. The third-order valence-corrected chi connectivity index (χ3v) is 3.48. The van der Waals surface area contributed by atoms with Gasteiger partial charge in [0, 0.05) is 11.4 Å². The van der Waals surface area contributed by atoms with Crippen LogP contribution in [0.2, 0.25) is 0 Å². The molecule has 3 aromatic rings. The number of benzene rings is 3. The molecule has 0 heterocycles. The Morgan fingerprint density at radius 1 is 0.591 bits per heavy atom. The van der Waals surface area contributed by atoms with Gasteiger partial charge < -0.3 is 22.1 Å². The summed E-state index contributed by atoms with van der Waals surface area (Å²) in [7, 11) is 0. The van der Waals surface area contributed by atoms with Crippen LogP contribution < -0.4 is 22.1 Å². The zero-order chi connectivity index (χ0) is 15.5. The van der Waals surface area contributed by atoms with Gasteiger partial charge in [0.25, 0.3) is 0 Å². The van der Waals surface area contributed by atoms with Crippen LogP contribution in [-0.2, 0) is 0 Å². The van der Waals surface area contributed by atoms with E-state index in [-0.39, 0.29) is 0 Å². The first kappa shape index (κ1) is 13.8. The highest BCUT2D eigenvalue weighted by atomic mass is 15.2. The van der Waals surface area contributed by atoms with Crippen LogP contribution in [-0.4, -0.2) is 0 Å². The molecule has 22 heavy (non-hydrogen) atoms. The van der Waals surface area contributed by atoms with Gasteiger partial charge in [0.2, 0.25) is 0 Å². The highest BCUT2D eigenvalue weighted by Gasteiger charge is 2.16. The average molecular weight is 290 g/mol. The molecule has 0 aliphatic rings. The fourth-order valence-electron chi connectivity index (χ4n) is 2.45. The van der Waals surface area contributed by atoms with Crippen LogP contribution in [0.25, 0.3) is 0 Å². The Morgan fingerprint density at radius 3 is 1.64 bits per heavy atom. The van der Waals surface area contributed by atoms with Crippen LogP contribution in [0.1, 0.15) is 0 Å². The number of hydrogen-bond donors (Lipinski definition) is 3. The first-order chi connectivity index (χ1) is 10.7. The molecular weight excluding hydrogens is 272 g/mol. The number of nitrogens with zero attached hydrogens (tertiary/aromatic N) is 1. The minimum Gasteiger partial charge on any atom is -0.399 e. The van der Waals surface area contributed by atoms with E-state index in [1.165, 1.54) is 0 Å². The summed E-state index contributed by atoms with van der Waals surface area (Å²) in [5.74, 6) is 0. The number of rotatable bonds is 3. The first-order valence-electron chi connectivity index (χ1n) is 7.01. The van der Waals surface area contributed by atoms with Crippen molar-refractivity contribution >= 4 is 34.1 Å². The molecule has 0 saturated carbocycles. The van der Waals surface area contributed by atoms with Crippen molar-refractivity contribution in [3.8, 4) is 0 Å². The SMILES string of the molecule is Nc1cccc(N(c2ccccc2N)c2ccccc2N)c1. The van der Waals surface area contributed by atoms with Gasteiger partial charge >= 0.3 is 0 Å². The van der Waals surface area contributed by atoms with E-state index in [4.69, 9.17) is 17.2 Å². The summed E-state index contributed by atoms with van der Waals surface area (Å²) in [4.78, 5) is 2.01. The van der Waals surface area contributed by atoms with Gasteiger partial charge in [-0.2, -0.15) is 0 Å². The molecule has 0 bridgehead atoms. The normalized spacial score (nSPS) is 10.4. The minimum absolute atomic E-state index is 0.674. The van der Waals surface area contributed by atoms with Crippen LogP contribution in [0.5, 0.6) is 0 Å². The van der Waals surface area contributed by atoms with Gasteiger partial charge in [-0.15, -0.1) is 0 Å². The fourth-order valence-corrected chi connectivity index (χ4v) is 2.45. The Balaban J connectivity index is 2.24. The fraction of sp³-hybridized carbons (Fsp3) is 0. The van der Waals surface area contributed by atoms with Crippen LogP contribution >= 0.6 is 0 Å². The van der Waals surface area contributed by atoms with E-state index in [9.17, 15) is 0 Å². The summed E-state index contributed by atoms with van der Waals surface area (Å²) >= 11 is 0. The summed E-state index contributed by atoms with van der Waals surface area (Å²) in [6, 6.07) is 23.0. The number of hydrogen-bond acceptors (Lipinski definition) is 4. The Bertz CT molecular complexity index is 753. The zero-order valence-corrected chi connectivity index (χ0v) is 12.1. The maximum atomic E-state index is 6.17. The van der Waals surface area contributed by atoms with Gasteiger partial charge in [-0.1, -0.05) is 30.3 Å². The Kier molecular flexibility index (Phi) is 3.58. The van der Waals surface area contributed by atoms with Crippen LogP contribution in [0.4, 0.5) is 34.1 Å². The van der Waals surface area contributed by atoms with Gasteiger partial charge in [-0.25, -0.2) is 0 Å². The Morgan fingerprint density at radius 2 is 1.14 bits per heavy atom. The molecule has 3 aromatic carbocycles. The highest BCUT2D eigenvalue weighted by molar-refractivity contribution is 5.88. The minimum atomic E-state index is 0.674. The topological polar surface area (TPSA) is 81.3 Å². The van der Waals surface area contributed by atoms with Crippen LogP contribution in [0.15, 0.2) is 72.8 Å². The lowest BCUT2D eigenvalue weighted by Gasteiger charge is -2.27. The Hall–Kier alpha value is -3.14. The van der Waals surface area contributed by atoms with E-state index < -0.39 is 0 Å². The van der Waals surface area contributed by atoms with E-state index >= 15 is 0 Å². The number of para-hydroxylation sites is 4. The van der Waals surface area contributed by atoms with Crippen LogP contribution in [0, 0.1) is 0 Å². The molecule has 0 amide bonds. The molecule has 3 rings (SSSR count). The van der Waals surface area contributed by atoms with Crippen LogP contribution in [0.3, 0.4) is 0 Å². The molecule has 4 nitrogen and oxygen atoms in total. The molecule has 0 fully saturated rings. The van der Waals surface area contributed by atoms with Gasteiger partial charge in [0.15, 0.2) is 0 Å². The lowest BCUT2D eigenvalue weighted by atomic mass is 10.1. The molecule has 0 atom stereocenters. The second-order valence-corrected chi connectivity index (χ2v) is 5.05. The third-order valence-electron chi connectivity index (χ3n) is 3.48. The van der Waals surface area contributed by atoms with Crippen molar-refractivity contribution in [2.24, 2.45) is 0 Å². The molecule has 0 spiro atoms. The first-order valence-corrected chi connectivity index (χ1v) is 7.01. The summed E-state index contributed by atoms with van der Waals surface area (Å²) in [6.07, 6.45) is 0. The second kappa shape index (κ2) is 5.69. The predicted molar refractivity (Wildman–Crippen MR) is 94.4 cm³/mol. The summed E-state index contributed by atoms with van der Waals surface area (Å²) in [5.41, 5.74) is 23.0. The summed E-state index contributed by atoms with van der Waals surface area (Å²) < 4.78 is 0. The molecule has 110 valence electrons. The van der Waals surface area contributed by atoms with Gasteiger partial charge in [0.05, 0.1) is 22.7 Å². The van der Waals surface area contributed by atoms with Gasteiger partial charge in [0.1, 0.15) is 0 Å². The summed E-state index contributed by atoms with van der Waals surface area (Å²) in [6.45, 7) is 0. The molecule has 6 N–H and O–H groups in total. The quantitative estimate of drug-likeness (QED) is 0.639. The second-order valence-electron chi connectivity index (χ2n) is 5.05. The molecule has 0 radical (unpaired) electrons.